The molecule has 9 heteroatoms. The van der Waals surface area contributed by atoms with E-state index >= 15 is 0 Å². The van der Waals surface area contributed by atoms with Crippen LogP contribution in [0.1, 0.15) is 40.0 Å². The molecule has 0 aromatic heterocycles. The van der Waals surface area contributed by atoms with Gasteiger partial charge in [0.2, 0.25) is 5.91 Å². The van der Waals surface area contributed by atoms with Crippen LogP contribution in [0.4, 0.5) is 11.4 Å². The van der Waals surface area contributed by atoms with E-state index in [1.54, 1.807) is 42.5 Å². The first-order chi connectivity index (χ1) is 16.0. The molecule has 1 unspecified atom stereocenters. The Hall–Kier alpha value is -4.14. The number of fused-ring (bicyclic) bond motifs is 1. The lowest BCUT2D eigenvalue weighted by Crippen LogP contribution is -2.45. The molecule has 33 heavy (non-hydrogen) atoms. The molecule has 2 aromatic carbocycles. The first kappa shape index (κ1) is 22.1. The number of aliphatic carboxylic acids is 1. The minimum Gasteiger partial charge on any atom is -0.496 e. The number of hydrogen-bond acceptors (Lipinski definition) is 6. The van der Waals surface area contributed by atoms with Gasteiger partial charge in [0.15, 0.2) is 0 Å². The van der Waals surface area contributed by atoms with Crippen LogP contribution in [0.5, 0.6) is 0 Å². The number of carbonyl (C=O) groups excluding carboxylic acids is 3. The number of anilines is 2. The summed E-state index contributed by atoms with van der Waals surface area (Å²) < 4.78 is 5.45. The Morgan fingerprint density at radius 1 is 1.06 bits per heavy atom. The van der Waals surface area contributed by atoms with Gasteiger partial charge in [0, 0.05) is 24.2 Å². The van der Waals surface area contributed by atoms with Crippen LogP contribution in [0.3, 0.4) is 0 Å². The van der Waals surface area contributed by atoms with Crippen molar-refractivity contribution in [2.45, 2.75) is 25.3 Å². The Bertz CT molecular complexity index is 1130. The predicted molar refractivity (Wildman–Crippen MR) is 120 cm³/mol. The molecular weight excluding hydrogens is 426 g/mol. The van der Waals surface area contributed by atoms with Gasteiger partial charge in [-0.1, -0.05) is 24.3 Å². The topological polar surface area (TPSA) is 125 Å². The van der Waals surface area contributed by atoms with Gasteiger partial charge in [-0.25, -0.2) is 4.79 Å². The quantitative estimate of drug-likeness (QED) is 0.503. The fourth-order valence-corrected chi connectivity index (χ4v) is 3.88. The van der Waals surface area contributed by atoms with E-state index in [2.05, 4.69) is 10.6 Å². The van der Waals surface area contributed by atoms with Crippen LogP contribution >= 0.6 is 0 Å². The second-order valence-corrected chi connectivity index (χ2v) is 7.68. The van der Waals surface area contributed by atoms with Crippen molar-refractivity contribution in [1.82, 2.24) is 4.90 Å². The van der Waals surface area contributed by atoms with E-state index in [1.165, 1.54) is 6.07 Å². The summed E-state index contributed by atoms with van der Waals surface area (Å²) in [5.74, 6) is -2.40. The second-order valence-electron chi connectivity index (χ2n) is 7.68. The zero-order valence-electron chi connectivity index (χ0n) is 17.7. The summed E-state index contributed by atoms with van der Waals surface area (Å²) in [4.78, 5) is 51.1. The highest BCUT2D eigenvalue weighted by molar-refractivity contribution is 6.25. The third-order valence-electron chi connectivity index (χ3n) is 5.48. The number of nitrogens with one attached hydrogen (secondary N) is 2. The fraction of sp³-hybridized carbons (Fsp3) is 0.250. The van der Waals surface area contributed by atoms with Crippen molar-refractivity contribution in [3.05, 3.63) is 71.5 Å². The highest BCUT2D eigenvalue weighted by Gasteiger charge is 2.44. The summed E-state index contributed by atoms with van der Waals surface area (Å²) in [6, 6.07) is 12.1. The number of carboxylic acid groups (broad SMARTS) is 1. The van der Waals surface area contributed by atoms with E-state index in [0.717, 1.165) is 17.1 Å². The minimum atomic E-state index is -1.47. The van der Waals surface area contributed by atoms with Crippen molar-refractivity contribution >= 4 is 35.1 Å². The lowest BCUT2D eigenvalue weighted by molar-refractivity contribution is -0.141. The normalized spacial score (nSPS) is 15.5. The Morgan fingerprint density at radius 3 is 2.55 bits per heavy atom. The Kier molecular flexibility index (Phi) is 6.39. The highest BCUT2D eigenvalue weighted by atomic mass is 16.5. The SMILES string of the molecule is O=C(CCC(C(=O)O)N1C(=O)c2cccc(NCC3=CCCO3)c2C1=O)Nc1ccccc1. The molecule has 0 radical (unpaired) electrons. The summed E-state index contributed by atoms with van der Waals surface area (Å²) in [5, 5.41) is 15.5. The van der Waals surface area contributed by atoms with E-state index in [-0.39, 0.29) is 24.0 Å². The number of imide groups is 1. The third kappa shape index (κ3) is 4.72. The molecule has 3 amide bonds. The Labute approximate surface area is 190 Å². The number of para-hydroxylation sites is 1. The number of hydrogen-bond donors (Lipinski definition) is 3. The number of carbonyl (C=O) groups is 4. The molecule has 9 nitrogen and oxygen atoms in total. The van der Waals surface area contributed by atoms with Gasteiger partial charge in [0.05, 0.1) is 24.3 Å². The summed E-state index contributed by atoms with van der Waals surface area (Å²) >= 11 is 0. The molecule has 0 saturated carbocycles. The number of nitrogens with zero attached hydrogens (tertiary/aromatic N) is 1. The lowest BCUT2D eigenvalue weighted by Gasteiger charge is -2.22. The zero-order valence-corrected chi connectivity index (χ0v) is 17.7. The molecule has 3 N–H and O–H groups in total. The summed E-state index contributed by atoms with van der Waals surface area (Å²) in [7, 11) is 0. The van der Waals surface area contributed by atoms with Gasteiger partial charge < -0.3 is 20.5 Å². The summed E-state index contributed by atoms with van der Waals surface area (Å²) in [6.45, 7) is 0.952. The molecule has 2 heterocycles. The van der Waals surface area contributed by atoms with Crippen molar-refractivity contribution in [2.75, 3.05) is 23.8 Å². The minimum absolute atomic E-state index is 0.126. The van der Waals surface area contributed by atoms with Gasteiger partial charge in [-0.05, 0) is 36.8 Å². The molecule has 0 spiro atoms. The molecule has 4 rings (SSSR count). The smallest absolute Gasteiger partial charge is 0.326 e. The first-order valence-corrected chi connectivity index (χ1v) is 10.6. The molecular formula is C24H23N3O6. The van der Waals surface area contributed by atoms with E-state index in [9.17, 15) is 24.3 Å². The second kappa shape index (κ2) is 9.56. The van der Waals surface area contributed by atoms with E-state index in [1.807, 2.05) is 6.08 Å². The molecule has 1 atom stereocenters. The average Bonchev–Trinajstić information content (AvgIpc) is 3.41. The standard InChI is InChI=1S/C24H23N3O6/c28-20(26-15-6-2-1-3-7-15)12-11-19(24(31)32)27-22(29)17-9-4-10-18(21(17)23(27)30)25-14-16-8-5-13-33-16/h1-4,6-10,19,25H,5,11-14H2,(H,26,28)(H,31,32). The number of carboxylic acids is 1. The van der Waals surface area contributed by atoms with E-state index in [4.69, 9.17) is 4.74 Å². The van der Waals surface area contributed by atoms with Gasteiger partial charge in [-0.2, -0.15) is 0 Å². The maximum Gasteiger partial charge on any atom is 0.326 e. The Balaban J connectivity index is 1.48. The van der Waals surface area contributed by atoms with Crippen molar-refractivity contribution in [3.8, 4) is 0 Å². The zero-order chi connectivity index (χ0) is 23.4. The van der Waals surface area contributed by atoms with Crippen LogP contribution in [-0.2, 0) is 14.3 Å². The van der Waals surface area contributed by atoms with Crippen LogP contribution in [0.2, 0.25) is 0 Å². The maximum atomic E-state index is 13.2. The van der Waals surface area contributed by atoms with Crippen molar-refractivity contribution < 1.29 is 29.0 Å². The Morgan fingerprint density at radius 2 is 1.85 bits per heavy atom. The number of rotatable bonds is 9. The van der Waals surface area contributed by atoms with Gasteiger partial charge >= 0.3 is 5.97 Å². The highest BCUT2D eigenvalue weighted by Crippen LogP contribution is 2.32. The monoisotopic (exact) mass is 449 g/mol. The number of amides is 3. The van der Waals surface area contributed by atoms with Crippen LogP contribution in [0, 0.1) is 0 Å². The summed E-state index contributed by atoms with van der Waals surface area (Å²) in [6.07, 6.45) is 2.38. The largest absolute Gasteiger partial charge is 0.496 e. The molecule has 0 saturated heterocycles. The van der Waals surface area contributed by atoms with E-state index < -0.39 is 29.7 Å². The van der Waals surface area contributed by atoms with Crippen LogP contribution in [0.15, 0.2) is 60.4 Å². The van der Waals surface area contributed by atoms with Crippen molar-refractivity contribution in [3.63, 3.8) is 0 Å². The van der Waals surface area contributed by atoms with Crippen LogP contribution in [-0.4, -0.2) is 52.9 Å². The number of benzene rings is 2. The van der Waals surface area contributed by atoms with Crippen LogP contribution < -0.4 is 10.6 Å². The van der Waals surface area contributed by atoms with Gasteiger partial charge in [-0.3, -0.25) is 19.3 Å². The molecule has 2 aliphatic rings. The predicted octanol–water partition coefficient (Wildman–Crippen LogP) is 2.87. The fourth-order valence-electron chi connectivity index (χ4n) is 3.88. The van der Waals surface area contributed by atoms with Gasteiger partial charge in [0.1, 0.15) is 11.8 Å². The maximum absolute atomic E-state index is 13.2. The average molecular weight is 449 g/mol. The molecule has 0 bridgehead atoms. The summed E-state index contributed by atoms with van der Waals surface area (Å²) in [5.41, 5.74) is 1.26. The van der Waals surface area contributed by atoms with Gasteiger partial charge in [0.25, 0.3) is 11.8 Å². The molecule has 170 valence electrons. The molecule has 2 aliphatic heterocycles. The first-order valence-electron chi connectivity index (χ1n) is 10.6. The van der Waals surface area contributed by atoms with E-state index in [0.29, 0.717) is 24.5 Å². The molecule has 2 aromatic rings. The lowest BCUT2D eigenvalue weighted by atomic mass is 10.1. The van der Waals surface area contributed by atoms with Gasteiger partial charge in [-0.15, -0.1) is 0 Å². The number of ether oxygens (including phenoxy) is 1. The van der Waals surface area contributed by atoms with Crippen molar-refractivity contribution in [2.24, 2.45) is 0 Å². The third-order valence-corrected chi connectivity index (χ3v) is 5.48. The van der Waals surface area contributed by atoms with Crippen molar-refractivity contribution in [1.29, 1.82) is 0 Å². The van der Waals surface area contributed by atoms with Crippen LogP contribution in [0.25, 0.3) is 0 Å². The molecule has 0 aliphatic carbocycles. The molecule has 0 fully saturated rings.